The highest BCUT2D eigenvalue weighted by Gasteiger charge is 2.10. The van der Waals surface area contributed by atoms with Crippen LogP contribution >= 0.6 is 0 Å². The van der Waals surface area contributed by atoms with Gasteiger partial charge in [-0.05, 0) is 26.2 Å². The highest BCUT2D eigenvalue weighted by atomic mass is 15.1. The molecule has 0 radical (unpaired) electrons. The van der Waals surface area contributed by atoms with Crippen molar-refractivity contribution >= 4 is 5.82 Å². The van der Waals surface area contributed by atoms with E-state index in [0.29, 0.717) is 0 Å². The van der Waals surface area contributed by atoms with Crippen LogP contribution in [0.5, 0.6) is 0 Å². The smallest absolute Gasteiger partial charge is 0.126 e. The summed E-state index contributed by atoms with van der Waals surface area (Å²) >= 11 is 0. The van der Waals surface area contributed by atoms with Gasteiger partial charge < -0.3 is 10.3 Å². The molecule has 0 bridgehead atoms. The Morgan fingerprint density at radius 3 is 2.15 bits per heavy atom. The topological polar surface area (TPSA) is 43.8 Å². The molecule has 0 aliphatic carbocycles. The molecule has 3 nitrogen and oxygen atoms in total. The van der Waals surface area contributed by atoms with Crippen molar-refractivity contribution in [3.05, 3.63) is 11.5 Å². The van der Waals surface area contributed by atoms with E-state index in [1.54, 1.807) is 0 Å². The SMILES string of the molecule is CCCCCCCCCc1nc(C)n(CCCC)c1N. The van der Waals surface area contributed by atoms with Gasteiger partial charge in [0, 0.05) is 6.54 Å². The maximum atomic E-state index is 6.23. The molecule has 0 atom stereocenters. The minimum absolute atomic E-state index is 0.905. The van der Waals surface area contributed by atoms with Crippen LogP contribution in [0.2, 0.25) is 0 Å². The van der Waals surface area contributed by atoms with Crippen LogP contribution in [0.1, 0.15) is 83.2 Å². The Morgan fingerprint density at radius 2 is 1.50 bits per heavy atom. The third kappa shape index (κ3) is 5.56. The summed E-state index contributed by atoms with van der Waals surface area (Å²) in [7, 11) is 0. The van der Waals surface area contributed by atoms with Gasteiger partial charge in [0.1, 0.15) is 11.6 Å². The number of aromatic nitrogens is 2. The Bertz CT molecular complexity index is 369. The number of rotatable bonds is 11. The average molecular weight is 279 g/mol. The molecule has 0 aromatic carbocycles. The summed E-state index contributed by atoms with van der Waals surface area (Å²) in [5.41, 5.74) is 7.34. The molecule has 0 spiro atoms. The Kier molecular flexibility index (Phi) is 8.40. The Balaban J connectivity index is 2.30. The second-order valence-electron chi connectivity index (χ2n) is 5.87. The van der Waals surface area contributed by atoms with Gasteiger partial charge in [0.2, 0.25) is 0 Å². The fourth-order valence-electron chi connectivity index (χ4n) is 2.68. The molecular formula is C17H33N3. The number of nitrogen functional groups attached to an aromatic ring is 1. The van der Waals surface area contributed by atoms with Gasteiger partial charge in [0.15, 0.2) is 0 Å². The van der Waals surface area contributed by atoms with Gasteiger partial charge in [-0.3, -0.25) is 0 Å². The number of imidazole rings is 1. The van der Waals surface area contributed by atoms with E-state index in [2.05, 4.69) is 30.3 Å². The molecule has 2 N–H and O–H groups in total. The minimum Gasteiger partial charge on any atom is -0.384 e. The van der Waals surface area contributed by atoms with Crippen molar-refractivity contribution in [1.29, 1.82) is 0 Å². The van der Waals surface area contributed by atoms with Gasteiger partial charge in [-0.15, -0.1) is 0 Å². The summed E-state index contributed by atoms with van der Waals surface area (Å²) in [5.74, 6) is 1.98. The predicted molar refractivity (Wildman–Crippen MR) is 88.0 cm³/mol. The zero-order chi connectivity index (χ0) is 14.8. The van der Waals surface area contributed by atoms with Crippen LogP contribution in [0.15, 0.2) is 0 Å². The Labute approximate surface area is 125 Å². The molecule has 0 saturated heterocycles. The molecule has 0 unspecified atom stereocenters. The molecule has 1 rings (SSSR count). The van der Waals surface area contributed by atoms with Crippen LogP contribution in [-0.2, 0) is 13.0 Å². The molecule has 1 aromatic heterocycles. The summed E-state index contributed by atoms with van der Waals surface area (Å²) in [6.45, 7) is 7.56. The van der Waals surface area contributed by atoms with Crippen LogP contribution in [-0.4, -0.2) is 9.55 Å². The van der Waals surface area contributed by atoms with Crippen molar-refractivity contribution in [3.8, 4) is 0 Å². The summed E-state index contributed by atoms with van der Waals surface area (Å²) in [4.78, 5) is 4.65. The number of anilines is 1. The molecule has 0 fully saturated rings. The van der Waals surface area contributed by atoms with Gasteiger partial charge in [0.05, 0.1) is 5.69 Å². The van der Waals surface area contributed by atoms with E-state index in [0.717, 1.165) is 30.3 Å². The Hall–Kier alpha value is -0.990. The third-order valence-corrected chi connectivity index (χ3v) is 4.03. The standard InChI is InChI=1S/C17H33N3/c1-4-6-8-9-10-11-12-13-16-17(18)20(14-7-5-2)15(3)19-16/h4-14,18H2,1-3H3. The minimum atomic E-state index is 0.905. The molecule has 0 amide bonds. The fourth-order valence-corrected chi connectivity index (χ4v) is 2.68. The maximum absolute atomic E-state index is 6.23. The van der Waals surface area contributed by atoms with E-state index in [1.807, 2.05) is 0 Å². The average Bonchev–Trinajstić information content (AvgIpc) is 2.70. The molecule has 0 saturated carbocycles. The van der Waals surface area contributed by atoms with Crippen LogP contribution < -0.4 is 5.73 Å². The summed E-state index contributed by atoms with van der Waals surface area (Å²) in [6.07, 6.45) is 12.8. The highest BCUT2D eigenvalue weighted by Crippen LogP contribution is 2.18. The molecule has 20 heavy (non-hydrogen) atoms. The van der Waals surface area contributed by atoms with Gasteiger partial charge in [-0.1, -0.05) is 58.8 Å². The lowest BCUT2D eigenvalue weighted by atomic mass is 10.1. The second-order valence-corrected chi connectivity index (χ2v) is 5.87. The van der Waals surface area contributed by atoms with Crippen molar-refractivity contribution in [2.24, 2.45) is 0 Å². The van der Waals surface area contributed by atoms with Crippen LogP contribution in [0, 0.1) is 6.92 Å². The summed E-state index contributed by atoms with van der Waals surface area (Å²) in [5, 5.41) is 0. The van der Waals surface area contributed by atoms with E-state index in [-0.39, 0.29) is 0 Å². The summed E-state index contributed by atoms with van der Waals surface area (Å²) in [6, 6.07) is 0. The first-order valence-corrected chi connectivity index (χ1v) is 8.52. The number of nitrogens with zero attached hydrogens (tertiary/aromatic N) is 2. The number of unbranched alkanes of at least 4 members (excludes halogenated alkanes) is 7. The molecule has 0 aliphatic heterocycles. The second kappa shape index (κ2) is 9.84. The quantitative estimate of drug-likeness (QED) is 0.587. The van der Waals surface area contributed by atoms with Crippen LogP contribution in [0.3, 0.4) is 0 Å². The molecular weight excluding hydrogens is 246 g/mol. The molecule has 3 heteroatoms. The summed E-state index contributed by atoms with van der Waals surface area (Å²) < 4.78 is 2.18. The van der Waals surface area contributed by atoms with Gasteiger partial charge in [0.25, 0.3) is 0 Å². The predicted octanol–water partition coefficient (Wildman–Crippen LogP) is 4.87. The largest absolute Gasteiger partial charge is 0.384 e. The van der Waals surface area contributed by atoms with Gasteiger partial charge >= 0.3 is 0 Å². The monoisotopic (exact) mass is 279 g/mol. The third-order valence-electron chi connectivity index (χ3n) is 4.03. The lowest BCUT2D eigenvalue weighted by molar-refractivity contribution is 0.587. The fraction of sp³-hybridized carbons (Fsp3) is 0.824. The first kappa shape index (κ1) is 17.1. The van der Waals surface area contributed by atoms with Crippen molar-refractivity contribution in [1.82, 2.24) is 9.55 Å². The van der Waals surface area contributed by atoms with Crippen molar-refractivity contribution < 1.29 is 0 Å². The zero-order valence-electron chi connectivity index (χ0n) is 13.7. The lowest BCUT2D eigenvalue weighted by Gasteiger charge is -2.06. The molecule has 1 aromatic rings. The first-order chi connectivity index (χ1) is 9.70. The zero-order valence-corrected chi connectivity index (χ0v) is 13.7. The molecule has 0 aliphatic rings. The van der Waals surface area contributed by atoms with Crippen LogP contribution in [0.4, 0.5) is 5.82 Å². The number of hydrogen-bond donors (Lipinski definition) is 1. The van der Waals surface area contributed by atoms with Crippen molar-refractivity contribution in [2.75, 3.05) is 5.73 Å². The van der Waals surface area contributed by atoms with E-state index in [9.17, 15) is 0 Å². The van der Waals surface area contributed by atoms with Crippen molar-refractivity contribution in [2.45, 2.75) is 91.5 Å². The van der Waals surface area contributed by atoms with Gasteiger partial charge in [-0.25, -0.2) is 4.98 Å². The van der Waals surface area contributed by atoms with E-state index >= 15 is 0 Å². The van der Waals surface area contributed by atoms with E-state index in [4.69, 9.17) is 5.73 Å². The molecule has 1 heterocycles. The normalized spacial score (nSPS) is 11.2. The molecule has 116 valence electrons. The number of aryl methyl sites for hydroxylation is 2. The number of hydrogen-bond acceptors (Lipinski definition) is 2. The van der Waals surface area contributed by atoms with E-state index < -0.39 is 0 Å². The number of nitrogens with two attached hydrogens (primary N) is 1. The van der Waals surface area contributed by atoms with Gasteiger partial charge in [-0.2, -0.15) is 0 Å². The highest BCUT2D eigenvalue weighted by molar-refractivity contribution is 5.38. The maximum Gasteiger partial charge on any atom is 0.126 e. The van der Waals surface area contributed by atoms with Crippen molar-refractivity contribution in [3.63, 3.8) is 0 Å². The Morgan fingerprint density at radius 1 is 0.900 bits per heavy atom. The first-order valence-electron chi connectivity index (χ1n) is 8.52. The van der Waals surface area contributed by atoms with Crippen LogP contribution in [0.25, 0.3) is 0 Å². The lowest BCUT2D eigenvalue weighted by Crippen LogP contribution is -2.05. The van der Waals surface area contributed by atoms with E-state index in [1.165, 1.54) is 57.8 Å².